The Bertz CT molecular complexity index is 1000. The zero-order valence-electron chi connectivity index (χ0n) is 16.0. The van der Waals surface area contributed by atoms with E-state index in [1.54, 1.807) is 43.9 Å². The summed E-state index contributed by atoms with van der Waals surface area (Å²) in [5.41, 5.74) is -0.417. The van der Waals surface area contributed by atoms with Crippen molar-refractivity contribution in [2.24, 2.45) is 12.5 Å². The molecule has 134 valence electrons. The van der Waals surface area contributed by atoms with Gasteiger partial charge in [0.2, 0.25) is 0 Å². The maximum atomic E-state index is 12.6. The topological polar surface area (TPSA) is 80.8 Å². The van der Waals surface area contributed by atoms with Crippen LogP contribution >= 0.6 is 0 Å². The van der Waals surface area contributed by atoms with E-state index in [1.807, 2.05) is 18.3 Å². The van der Waals surface area contributed by atoms with E-state index in [-0.39, 0.29) is 17.8 Å². The minimum Gasteiger partial charge on any atom is -0.386 e. The van der Waals surface area contributed by atoms with E-state index < -0.39 is 16.3 Å². The second kappa shape index (κ2) is 6.79. The van der Waals surface area contributed by atoms with Gasteiger partial charge in [-0.1, -0.05) is 19.9 Å². The Balaban J connectivity index is 2.21. The first-order valence-electron chi connectivity index (χ1n) is 8.67. The van der Waals surface area contributed by atoms with Gasteiger partial charge in [0, 0.05) is 24.2 Å². The predicted molar refractivity (Wildman–Crippen MR) is 106 cm³/mol. The van der Waals surface area contributed by atoms with E-state index in [9.17, 15) is 10.1 Å². The monoisotopic (exact) mass is 366 g/mol. The highest BCUT2D eigenvalue weighted by Crippen LogP contribution is 2.46. The SMILES string of the molecule is [B]C([B])([B])OC1(c2cccc(-c3cnn(C)c3)n2)C=C(C#N)C(=O)C(C)(C)C1. The van der Waals surface area contributed by atoms with Gasteiger partial charge < -0.3 is 4.74 Å². The van der Waals surface area contributed by atoms with Crippen LogP contribution in [0.15, 0.2) is 42.2 Å². The lowest BCUT2D eigenvalue weighted by Gasteiger charge is -2.45. The summed E-state index contributed by atoms with van der Waals surface area (Å²) >= 11 is 0. The van der Waals surface area contributed by atoms with Crippen molar-refractivity contribution >= 4 is 29.3 Å². The Labute approximate surface area is 168 Å². The Hall–Kier alpha value is -2.59. The molecule has 2 heterocycles. The van der Waals surface area contributed by atoms with Crippen LogP contribution < -0.4 is 0 Å². The van der Waals surface area contributed by atoms with Gasteiger partial charge in [-0.25, -0.2) is 4.98 Å². The molecule has 0 aromatic carbocycles. The van der Waals surface area contributed by atoms with Crippen LogP contribution in [0.25, 0.3) is 11.3 Å². The first kappa shape index (κ1) is 20.2. The Morgan fingerprint density at radius 3 is 2.61 bits per heavy atom. The van der Waals surface area contributed by atoms with Crippen LogP contribution in [0.2, 0.25) is 0 Å². The van der Waals surface area contributed by atoms with Crippen molar-refractivity contribution in [3.63, 3.8) is 0 Å². The maximum Gasteiger partial charge on any atom is 0.178 e. The van der Waals surface area contributed by atoms with E-state index in [0.29, 0.717) is 11.4 Å². The summed E-state index contributed by atoms with van der Waals surface area (Å²) in [6.45, 7) is 3.46. The van der Waals surface area contributed by atoms with Gasteiger partial charge in [-0.3, -0.25) is 9.48 Å². The molecule has 1 atom stereocenters. The van der Waals surface area contributed by atoms with Gasteiger partial charge in [0.25, 0.3) is 0 Å². The van der Waals surface area contributed by atoms with Crippen molar-refractivity contribution in [2.75, 3.05) is 0 Å². The van der Waals surface area contributed by atoms with Crippen LogP contribution in [0, 0.1) is 16.7 Å². The fourth-order valence-electron chi connectivity index (χ4n) is 3.52. The smallest absolute Gasteiger partial charge is 0.178 e. The highest BCUT2D eigenvalue weighted by Gasteiger charge is 2.49. The van der Waals surface area contributed by atoms with E-state index >= 15 is 0 Å². The molecule has 6 radical (unpaired) electrons. The molecule has 9 heteroatoms. The van der Waals surface area contributed by atoms with Crippen molar-refractivity contribution in [1.82, 2.24) is 14.8 Å². The van der Waals surface area contributed by atoms with Gasteiger partial charge >= 0.3 is 0 Å². The molecule has 0 N–H and O–H groups in total. The summed E-state index contributed by atoms with van der Waals surface area (Å²) in [4.78, 5) is 17.3. The lowest BCUT2D eigenvalue weighted by atomic mass is 9.51. The summed E-state index contributed by atoms with van der Waals surface area (Å²) in [6, 6.07) is 7.28. The number of nitrogens with zero attached hydrogens (tertiary/aromatic N) is 4. The van der Waals surface area contributed by atoms with Gasteiger partial charge in [0.15, 0.2) is 5.78 Å². The standard InChI is InChI=1S/C19H17B3N4O2/c1-17(2)11-18(28-19(20,21)22,7-12(8-23)16(17)27)15-6-4-5-14(25-15)13-9-24-26(3)10-13/h4-7,9-10H,11H2,1-3H3. The second-order valence-electron chi connectivity index (χ2n) is 7.72. The molecule has 1 aliphatic carbocycles. The average Bonchev–Trinajstić information content (AvgIpc) is 3.03. The average molecular weight is 366 g/mol. The number of aromatic nitrogens is 3. The van der Waals surface area contributed by atoms with Crippen LogP contribution in [0.5, 0.6) is 0 Å². The van der Waals surface area contributed by atoms with Gasteiger partial charge in [-0.05, 0) is 29.9 Å². The number of hydrogen-bond donors (Lipinski definition) is 0. The molecule has 0 saturated carbocycles. The normalized spacial score (nSPS) is 21.8. The van der Waals surface area contributed by atoms with Crippen LogP contribution in [-0.2, 0) is 22.2 Å². The first-order valence-corrected chi connectivity index (χ1v) is 8.67. The fourth-order valence-corrected chi connectivity index (χ4v) is 3.52. The summed E-state index contributed by atoms with van der Waals surface area (Å²) in [7, 11) is 19.0. The number of nitriles is 1. The number of aryl methyl sites for hydroxylation is 1. The molecule has 0 saturated heterocycles. The molecule has 28 heavy (non-hydrogen) atoms. The zero-order valence-corrected chi connectivity index (χ0v) is 16.0. The summed E-state index contributed by atoms with van der Waals surface area (Å²) in [5, 5.41) is 11.6. The molecule has 2 aromatic rings. The first-order chi connectivity index (χ1) is 13.0. The molecule has 0 bridgehead atoms. The Morgan fingerprint density at radius 2 is 2.04 bits per heavy atom. The van der Waals surface area contributed by atoms with Gasteiger partial charge in [-0.15, -0.1) is 0 Å². The highest BCUT2D eigenvalue weighted by molar-refractivity contribution is 6.58. The van der Waals surface area contributed by atoms with Crippen molar-refractivity contribution in [1.29, 1.82) is 5.26 Å². The quantitative estimate of drug-likeness (QED) is 0.762. The third kappa shape index (κ3) is 3.83. The summed E-state index contributed by atoms with van der Waals surface area (Å²) in [6.07, 6.45) is 5.09. The molecule has 0 spiro atoms. The lowest BCUT2D eigenvalue weighted by Crippen LogP contribution is -2.49. The minimum absolute atomic E-state index is 0.0471. The molecule has 0 amide bonds. The zero-order chi connectivity index (χ0) is 20.7. The molecule has 6 nitrogen and oxygen atoms in total. The van der Waals surface area contributed by atoms with Crippen LogP contribution in [0.1, 0.15) is 26.0 Å². The van der Waals surface area contributed by atoms with Gasteiger partial charge in [0.05, 0.1) is 46.7 Å². The molecule has 2 aromatic heterocycles. The Morgan fingerprint density at radius 1 is 1.32 bits per heavy atom. The van der Waals surface area contributed by atoms with Crippen molar-refractivity contribution in [2.45, 2.75) is 31.2 Å². The maximum absolute atomic E-state index is 12.6. The number of pyridine rings is 1. The molecule has 1 aliphatic rings. The summed E-state index contributed by atoms with van der Waals surface area (Å²) < 4.78 is 7.50. The number of hydrogen-bond acceptors (Lipinski definition) is 5. The largest absolute Gasteiger partial charge is 0.386 e. The van der Waals surface area contributed by atoms with E-state index in [0.717, 1.165) is 5.56 Å². The fraction of sp³-hybridized carbons (Fsp3) is 0.368. The van der Waals surface area contributed by atoms with E-state index in [2.05, 4.69) is 10.1 Å². The third-order valence-corrected chi connectivity index (χ3v) is 4.60. The van der Waals surface area contributed by atoms with E-state index in [4.69, 9.17) is 28.3 Å². The number of ketones is 1. The van der Waals surface area contributed by atoms with Crippen LogP contribution in [0.3, 0.4) is 0 Å². The van der Waals surface area contributed by atoms with E-state index in [1.165, 1.54) is 6.08 Å². The third-order valence-electron chi connectivity index (χ3n) is 4.60. The van der Waals surface area contributed by atoms with Crippen LogP contribution in [0.4, 0.5) is 0 Å². The van der Waals surface area contributed by atoms with Crippen molar-refractivity contribution in [3.05, 3.63) is 47.9 Å². The second-order valence-corrected chi connectivity index (χ2v) is 7.72. The number of Topliss-reactive ketones (excluding diaryl/α,β-unsaturated/α-hetero) is 1. The molecule has 1 unspecified atom stereocenters. The number of ether oxygens (including phenoxy) is 1. The predicted octanol–water partition coefficient (Wildman–Crippen LogP) is 1.26. The Kier molecular flexibility index (Phi) is 4.88. The lowest BCUT2D eigenvalue weighted by molar-refractivity contribution is -0.131. The highest BCUT2D eigenvalue weighted by atomic mass is 16.5. The number of carbonyl (C=O) groups excluding carboxylic acids is 1. The molecular formula is C19H17B3N4O2. The van der Waals surface area contributed by atoms with Crippen LogP contribution in [-0.4, -0.2) is 49.4 Å². The minimum atomic E-state index is -2.00. The van der Waals surface area contributed by atoms with Crippen molar-refractivity contribution < 1.29 is 9.53 Å². The number of allylic oxidation sites excluding steroid dienone is 1. The van der Waals surface area contributed by atoms with Gasteiger partial charge in [0.1, 0.15) is 11.7 Å². The van der Waals surface area contributed by atoms with Gasteiger partial charge in [-0.2, -0.15) is 10.4 Å². The molecule has 0 aliphatic heterocycles. The number of carbonyl (C=O) groups is 1. The number of rotatable bonds is 4. The molecule has 0 fully saturated rings. The molecular weight excluding hydrogens is 349 g/mol. The summed E-state index contributed by atoms with van der Waals surface area (Å²) in [5.74, 6) is -0.283. The van der Waals surface area contributed by atoms with Crippen molar-refractivity contribution in [3.8, 4) is 17.3 Å². The molecule has 3 rings (SSSR count).